The number of hydrogen-bond donors (Lipinski definition) is 3. The molecule has 0 radical (unpaired) electrons. The van der Waals surface area contributed by atoms with Crippen LogP contribution in [0, 0.1) is 23.7 Å². The van der Waals surface area contributed by atoms with Crippen LogP contribution >= 0.6 is 0 Å². The average molecular weight is 516 g/mol. The van der Waals surface area contributed by atoms with Gasteiger partial charge in [-0.25, -0.2) is 0 Å². The second kappa shape index (κ2) is 14.3. The van der Waals surface area contributed by atoms with E-state index in [1.54, 1.807) is 0 Å². The van der Waals surface area contributed by atoms with Crippen molar-refractivity contribution in [1.82, 2.24) is 0 Å². The van der Waals surface area contributed by atoms with Gasteiger partial charge < -0.3 is 15.3 Å². The number of aliphatic hydroxyl groups excluding tert-OH is 3. The van der Waals surface area contributed by atoms with Crippen molar-refractivity contribution in [2.45, 2.75) is 121 Å². The van der Waals surface area contributed by atoms with Gasteiger partial charge in [0.05, 0.1) is 17.1 Å². The molecule has 0 fully saturated rings. The molecule has 0 aliphatic carbocycles. The van der Waals surface area contributed by atoms with Crippen molar-refractivity contribution in [3.05, 3.63) is 33.8 Å². The van der Waals surface area contributed by atoms with Crippen molar-refractivity contribution < 1.29 is 15.3 Å². The normalized spacial score (nSPS) is 25.1. The van der Waals surface area contributed by atoms with Crippen LogP contribution in [0.25, 0.3) is 0 Å². The summed E-state index contributed by atoms with van der Waals surface area (Å²) in [6.07, 6.45) is 0.309. The summed E-state index contributed by atoms with van der Waals surface area (Å²) in [6.45, 7) is 26.7. The number of allylic oxidation sites excluding steroid dienone is 4. The van der Waals surface area contributed by atoms with E-state index >= 15 is 0 Å². The van der Waals surface area contributed by atoms with E-state index in [9.17, 15) is 15.3 Å². The minimum Gasteiger partial charge on any atom is -0.386 e. The van der Waals surface area contributed by atoms with E-state index in [2.05, 4.69) is 56.5 Å². The Labute approximate surface area is 226 Å². The van der Waals surface area contributed by atoms with Crippen LogP contribution < -0.4 is 0 Å². The number of aliphatic imine (C=N–C) groups is 3. The summed E-state index contributed by atoms with van der Waals surface area (Å²) in [5.74, 6) is 1.43. The van der Waals surface area contributed by atoms with E-state index in [4.69, 9.17) is 0 Å². The largest absolute Gasteiger partial charge is 0.386 e. The highest BCUT2D eigenvalue weighted by Crippen LogP contribution is 2.29. The molecule has 6 heteroatoms. The molecule has 0 aromatic rings. The molecule has 3 aliphatic heterocycles. The van der Waals surface area contributed by atoms with Crippen LogP contribution in [-0.2, 0) is 0 Å². The van der Waals surface area contributed by atoms with Gasteiger partial charge in [0.25, 0.3) is 0 Å². The maximum absolute atomic E-state index is 9.87. The fourth-order valence-corrected chi connectivity index (χ4v) is 4.54. The molecule has 210 valence electrons. The lowest BCUT2D eigenvalue weighted by molar-refractivity contribution is 0.0902. The molecule has 0 saturated heterocycles. The van der Waals surface area contributed by atoms with Crippen molar-refractivity contribution in [2.75, 3.05) is 0 Å². The van der Waals surface area contributed by atoms with E-state index in [1.165, 1.54) is 23.4 Å². The van der Waals surface area contributed by atoms with Gasteiger partial charge in [0.2, 0.25) is 0 Å². The number of aliphatic hydroxyl groups is 3. The van der Waals surface area contributed by atoms with Crippen LogP contribution in [0.1, 0.15) is 103 Å². The van der Waals surface area contributed by atoms with Crippen LogP contribution in [0.15, 0.2) is 48.8 Å². The highest BCUT2D eigenvalue weighted by atomic mass is 16.3. The molecule has 0 aromatic heterocycles. The summed E-state index contributed by atoms with van der Waals surface area (Å²) in [6, 6.07) is 0. The summed E-state index contributed by atoms with van der Waals surface area (Å²) < 4.78 is 0. The topological polar surface area (TPSA) is 97.8 Å². The quantitative estimate of drug-likeness (QED) is 0.391. The fraction of sp³-hybridized carbons (Fsp3) is 0.710. The molecule has 4 atom stereocenters. The van der Waals surface area contributed by atoms with Crippen LogP contribution in [0.5, 0.6) is 0 Å². The van der Waals surface area contributed by atoms with E-state index in [0.717, 1.165) is 29.0 Å². The zero-order chi connectivity index (χ0) is 28.8. The third-order valence-electron chi connectivity index (χ3n) is 6.95. The Bertz CT molecular complexity index is 925. The van der Waals surface area contributed by atoms with Gasteiger partial charge in [-0.15, -0.1) is 0 Å². The smallest absolute Gasteiger partial charge is 0.127 e. The lowest BCUT2D eigenvalue weighted by atomic mass is 9.93. The Balaban J connectivity index is 0.000000279. The molecule has 0 bridgehead atoms. The molecular formula is C31H53N3O3. The van der Waals surface area contributed by atoms with Crippen LogP contribution in [0.3, 0.4) is 0 Å². The van der Waals surface area contributed by atoms with Crippen molar-refractivity contribution >= 4 is 17.1 Å². The molecule has 3 N–H and O–H groups in total. The Kier molecular flexibility index (Phi) is 12.8. The van der Waals surface area contributed by atoms with Crippen LogP contribution in [0.2, 0.25) is 0 Å². The Hall–Kier alpha value is -1.89. The van der Waals surface area contributed by atoms with Gasteiger partial charge in [0.15, 0.2) is 0 Å². The number of rotatable bonds is 3. The average Bonchev–Trinajstić information content (AvgIpc) is 3.47. The Morgan fingerprint density at radius 1 is 0.595 bits per heavy atom. The summed E-state index contributed by atoms with van der Waals surface area (Å²) in [5.41, 5.74) is 9.45. The standard InChI is InChI=1S/C11H19NO.C10H17NO2.C10H17N/c1-6(2)9-8(5)11(13)10(12-9)7(3)4;1-5(2)7-9(12)10(13)8(11-7)6(3)4;1-7(2)9-5-6-10(11-9)8(3)4/h6,8,11,13H,1-5H3;5,9-10,12-13H,1-4H3;7H,5-6H2,1-4H3/t8-,11+;9-,10+;/m00./s1. The number of nitrogens with zero attached hydrogens (tertiary/aromatic N) is 3. The summed E-state index contributed by atoms with van der Waals surface area (Å²) in [4.78, 5) is 13.3. The second-order valence-corrected chi connectivity index (χ2v) is 12.0. The predicted octanol–water partition coefficient (Wildman–Crippen LogP) is 6.67. The molecule has 0 saturated carbocycles. The van der Waals surface area contributed by atoms with Gasteiger partial charge in [-0.3, -0.25) is 15.0 Å². The molecule has 37 heavy (non-hydrogen) atoms. The lowest BCUT2D eigenvalue weighted by Gasteiger charge is -2.13. The first-order chi connectivity index (χ1) is 17.0. The van der Waals surface area contributed by atoms with Crippen molar-refractivity contribution in [3.63, 3.8) is 0 Å². The molecule has 3 heterocycles. The highest BCUT2D eigenvalue weighted by molar-refractivity contribution is 5.94. The predicted molar refractivity (Wildman–Crippen MR) is 158 cm³/mol. The van der Waals surface area contributed by atoms with Gasteiger partial charge in [-0.05, 0) is 72.1 Å². The minimum atomic E-state index is -0.831. The molecule has 0 aromatic carbocycles. The summed E-state index contributed by atoms with van der Waals surface area (Å²) in [5, 5.41) is 29.1. The van der Waals surface area contributed by atoms with E-state index in [-0.39, 0.29) is 17.9 Å². The molecule has 0 spiro atoms. The van der Waals surface area contributed by atoms with Crippen molar-refractivity contribution in [3.8, 4) is 0 Å². The van der Waals surface area contributed by atoms with Crippen molar-refractivity contribution in [2.24, 2.45) is 38.6 Å². The molecule has 3 rings (SSSR count). The first-order valence-corrected chi connectivity index (χ1v) is 13.8. The molecular weight excluding hydrogens is 462 g/mol. The third kappa shape index (κ3) is 8.83. The second-order valence-electron chi connectivity index (χ2n) is 12.0. The van der Waals surface area contributed by atoms with Gasteiger partial charge in [0, 0.05) is 23.0 Å². The SMILES string of the molecule is CC(C)=C1CCC(C(C)C)=N1.CC(C)=C1N=C(C(C)C)[C@H](C)[C@H]1O.CC(C)=C1N=C(C(C)C)[C@H](O)[C@@H]1O. The lowest BCUT2D eigenvalue weighted by Crippen LogP contribution is -2.31. The molecule has 0 amide bonds. The molecule has 6 nitrogen and oxygen atoms in total. The monoisotopic (exact) mass is 515 g/mol. The third-order valence-corrected chi connectivity index (χ3v) is 6.95. The van der Waals surface area contributed by atoms with Gasteiger partial charge in [-0.1, -0.05) is 65.2 Å². The van der Waals surface area contributed by atoms with Gasteiger partial charge in [0.1, 0.15) is 18.3 Å². The Morgan fingerprint density at radius 3 is 1.30 bits per heavy atom. The molecule has 3 aliphatic rings. The van der Waals surface area contributed by atoms with Crippen LogP contribution in [0.4, 0.5) is 0 Å². The minimum absolute atomic E-state index is 0.182. The van der Waals surface area contributed by atoms with E-state index in [0.29, 0.717) is 23.2 Å². The maximum Gasteiger partial charge on any atom is 0.127 e. The van der Waals surface area contributed by atoms with Gasteiger partial charge in [-0.2, -0.15) is 0 Å². The van der Waals surface area contributed by atoms with E-state index in [1.807, 2.05) is 48.5 Å². The van der Waals surface area contributed by atoms with Gasteiger partial charge >= 0.3 is 0 Å². The molecule has 0 unspecified atom stereocenters. The summed E-state index contributed by atoms with van der Waals surface area (Å²) >= 11 is 0. The number of hydrogen-bond acceptors (Lipinski definition) is 6. The maximum atomic E-state index is 9.87. The highest BCUT2D eigenvalue weighted by Gasteiger charge is 2.34. The first kappa shape index (κ1) is 33.1. The van der Waals surface area contributed by atoms with E-state index < -0.39 is 12.2 Å². The zero-order valence-electron chi connectivity index (χ0n) is 25.6. The fourth-order valence-electron chi connectivity index (χ4n) is 4.54. The van der Waals surface area contributed by atoms with Crippen molar-refractivity contribution in [1.29, 1.82) is 0 Å². The Morgan fingerprint density at radius 2 is 1.05 bits per heavy atom. The zero-order valence-corrected chi connectivity index (χ0v) is 25.6. The summed E-state index contributed by atoms with van der Waals surface area (Å²) in [7, 11) is 0. The van der Waals surface area contributed by atoms with Crippen LogP contribution in [-0.4, -0.2) is 50.8 Å². The first-order valence-electron chi connectivity index (χ1n) is 13.8.